The van der Waals surface area contributed by atoms with Crippen LogP contribution in [0.3, 0.4) is 0 Å². The molecule has 20 nitrogen and oxygen atoms in total. The van der Waals surface area contributed by atoms with Crippen LogP contribution in [0.15, 0.2) is 0 Å². The number of hydrogen-bond acceptors (Lipinski definition) is 20. The normalized spacial score (nSPS) is 13.7. The van der Waals surface area contributed by atoms with Gasteiger partial charge in [-0.05, 0) is 0 Å². The molecule has 0 N–H and O–H groups in total. The summed E-state index contributed by atoms with van der Waals surface area (Å²) in [5.41, 5.74) is 0. The molecule has 20 heteroatoms. The smallest absolute Gasteiger partial charge is 0.303 e. The second kappa shape index (κ2) is 23.8. The highest BCUT2D eigenvalue weighted by Crippen LogP contribution is 2.17. The first-order chi connectivity index (χ1) is 22.6. The number of carbonyl (C=O) groups excluding carboxylic acids is 11. The predicted molar refractivity (Wildman–Crippen MR) is 154 cm³/mol. The molecule has 6 atom stereocenters. The van der Waals surface area contributed by atoms with Crippen molar-refractivity contribution >= 4 is 65.8 Å². The number of rotatable bonds is 18. The van der Waals surface area contributed by atoms with Gasteiger partial charge in [0.2, 0.25) is 11.9 Å². The molecule has 0 aromatic heterocycles. The maximum atomic E-state index is 12.3. The van der Waals surface area contributed by atoms with Gasteiger partial charge in [0, 0.05) is 62.3 Å². The molecule has 0 saturated carbocycles. The van der Waals surface area contributed by atoms with E-state index in [1.807, 2.05) is 0 Å². The van der Waals surface area contributed by atoms with Gasteiger partial charge in [0.25, 0.3) is 0 Å². The van der Waals surface area contributed by atoms with Crippen LogP contribution in [-0.4, -0.2) is 122 Å². The molecule has 0 aliphatic rings. The molecule has 0 fully saturated rings. The van der Waals surface area contributed by atoms with Crippen LogP contribution in [0.2, 0.25) is 0 Å². The second-order valence-corrected chi connectivity index (χ2v) is 9.54. The van der Waals surface area contributed by atoms with Crippen molar-refractivity contribution in [2.24, 2.45) is 0 Å². The van der Waals surface area contributed by atoms with Crippen molar-refractivity contribution in [3.05, 3.63) is 0 Å². The average Bonchev–Trinajstić information content (AvgIpc) is 2.95. The number of hydrogen-bond donors (Lipinski definition) is 0. The van der Waals surface area contributed by atoms with Gasteiger partial charge in [-0.15, -0.1) is 0 Å². The van der Waals surface area contributed by atoms with Crippen LogP contribution in [0.5, 0.6) is 0 Å². The highest BCUT2D eigenvalue weighted by Gasteiger charge is 2.42. The Balaban J connectivity index is 0. The lowest BCUT2D eigenvalue weighted by atomic mass is 10.0. The first-order valence-electron chi connectivity index (χ1n) is 14.0. The molecule has 0 unspecified atom stereocenters. The molecule has 0 rings (SSSR count). The molecule has 0 aromatic rings. The van der Waals surface area contributed by atoms with E-state index in [0.717, 1.165) is 62.3 Å². The van der Waals surface area contributed by atoms with Crippen LogP contribution in [0, 0.1) is 0 Å². The number of ketones is 1. The lowest BCUT2D eigenvalue weighted by Gasteiger charge is -2.30. The van der Waals surface area contributed by atoms with E-state index in [4.69, 9.17) is 37.9 Å². The first kappa shape index (κ1) is 45.7. The lowest BCUT2D eigenvalue weighted by Crippen LogP contribution is -2.51. The van der Waals surface area contributed by atoms with Gasteiger partial charge in [0.1, 0.15) is 13.2 Å². The number of Topliss-reactive ketones (excluding diaryl/α,β-unsaturated/α-hetero) is 1. The molecule has 276 valence electrons. The Kier molecular flexibility index (Phi) is 22.2. The molecule has 0 aliphatic heterocycles. The van der Waals surface area contributed by atoms with Crippen molar-refractivity contribution in [3.8, 4) is 0 Å². The second-order valence-electron chi connectivity index (χ2n) is 9.54. The molecule has 0 radical (unpaired) electrons. The van der Waals surface area contributed by atoms with Crippen LogP contribution in [0.25, 0.3) is 0 Å². The lowest BCUT2D eigenvalue weighted by molar-refractivity contribution is -0.191. The standard InChI is InChI=1S/C16H22O11.C13H18O9/c1-8(17)23-6-13(22)15(26-11(4)20)16(27-12(5)21)14(25-10(3)19)7-24-9(2)18;1-7(15)19-6-12(21-9(3)17)13(22-10(4)18)11(5-14)20-8(2)16/h14-16H,6-7H2,1-5H3;5,11-13H,6H2,1-4H3/t14-,15-,16-;11-,12+,13+/m10/s1. The Bertz CT molecular complexity index is 1220. The van der Waals surface area contributed by atoms with E-state index < -0.39 is 116 Å². The van der Waals surface area contributed by atoms with Gasteiger partial charge in [0.05, 0.1) is 0 Å². The maximum absolute atomic E-state index is 12.3. The Morgan fingerprint density at radius 1 is 0.429 bits per heavy atom. The van der Waals surface area contributed by atoms with Crippen LogP contribution in [-0.2, 0) is 95.4 Å². The summed E-state index contributed by atoms with van der Waals surface area (Å²) in [5.74, 6) is -8.12. The van der Waals surface area contributed by atoms with Crippen LogP contribution in [0.4, 0.5) is 0 Å². The van der Waals surface area contributed by atoms with Crippen molar-refractivity contribution in [1.82, 2.24) is 0 Å². The van der Waals surface area contributed by atoms with Crippen LogP contribution >= 0.6 is 0 Å². The van der Waals surface area contributed by atoms with Crippen LogP contribution < -0.4 is 0 Å². The Morgan fingerprint density at radius 3 is 1.10 bits per heavy atom. The van der Waals surface area contributed by atoms with E-state index >= 15 is 0 Å². The highest BCUT2D eigenvalue weighted by atomic mass is 16.6. The zero-order valence-electron chi connectivity index (χ0n) is 28.3. The van der Waals surface area contributed by atoms with Gasteiger partial charge in [-0.3, -0.25) is 52.7 Å². The summed E-state index contributed by atoms with van der Waals surface area (Å²) < 4.78 is 43.3. The Morgan fingerprint density at radius 2 is 0.776 bits per heavy atom. The van der Waals surface area contributed by atoms with Gasteiger partial charge in [-0.1, -0.05) is 0 Å². The number of esters is 9. The molecule has 0 aliphatic carbocycles. The van der Waals surface area contributed by atoms with E-state index in [0.29, 0.717) is 0 Å². The Labute approximate surface area is 280 Å². The molecular weight excluding hydrogens is 668 g/mol. The monoisotopic (exact) mass is 708 g/mol. The van der Waals surface area contributed by atoms with Gasteiger partial charge in [-0.25, -0.2) is 0 Å². The van der Waals surface area contributed by atoms with E-state index in [-0.39, 0.29) is 6.29 Å². The fourth-order valence-electron chi connectivity index (χ4n) is 3.40. The summed E-state index contributed by atoms with van der Waals surface area (Å²) in [4.78, 5) is 124. The van der Waals surface area contributed by atoms with Crippen molar-refractivity contribution < 1.29 is 95.4 Å². The molecule has 0 heterocycles. The summed E-state index contributed by atoms with van der Waals surface area (Å²) in [6.07, 6.45) is -8.91. The molecule has 0 spiro atoms. The zero-order valence-corrected chi connectivity index (χ0v) is 28.3. The minimum atomic E-state index is -1.77. The molecule has 49 heavy (non-hydrogen) atoms. The predicted octanol–water partition coefficient (Wildman–Crippen LogP) is -0.980. The summed E-state index contributed by atoms with van der Waals surface area (Å²) in [7, 11) is 0. The van der Waals surface area contributed by atoms with Crippen molar-refractivity contribution in [1.29, 1.82) is 0 Å². The average molecular weight is 709 g/mol. The van der Waals surface area contributed by atoms with E-state index in [9.17, 15) is 52.7 Å². The summed E-state index contributed by atoms with van der Waals surface area (Å²) in [6, 6.07) is 0. The highest BCUT2D eigenvalue weighted by molar-refractivity contribution is 5.88. The van der Waals surface area contributed by atoms with Crippen molar-refractivity contribution in [2.75, 3.05) is 19.8 Å². The van der Waals surface area contributed by atoms with Gasteiger partial charge < -0.3 is 42.6 Å². The van der Waals surface area contributed by atoms with Gasteiger partial charge >= 0.3 is 53.7 Å². The summed E-state index contributed by atoms with van der Waals surface area (Å²) >= 11 is 0. The third-order valence-corrected chi connectivity index (χ3v) is 4.96. The fraction of sp³-hybridized carbons (Fsp3) is 0.621. The molecule has 0 bridgehead atoms. The molecule has 0 aromatic carbocycles. The van der Waals surface area contributed by atoms with Crippen molar-refractivity contribution in [2.45, 2.75) is 98.9 Å². The number of ether oxygens (including phenoxy) is 9. The quantitative estimate of drug-likeness (QED) is 0.0940. The van der Waals surface area contributed by atoms with Crippen LogP contribution in [0.1, 0.15) is 62.3 Å². The van der Waals surface area contributed by atoms with E-state index in [1.54, 1.807) is 0 Å². The van der Waals surface area contributed by atoms with E-state index in [1.165, 1.54) is 0 Å². The third kappa shape index (κ3) is 22.7. The summed E-state index contributed by atoms with van der Waals surface area (Å²) in [6.45, 7) is 7.63. The Hall–Kier alpha value is -5.43. The number of carbonyl (C=O) groups is 11. The maximum Gasteiger partial charge on any atom is 0.303 e. The molecular formula is C29H40O20. The zero-order chi connectivity index (χ0) is 38.4. The molecule has 0 saturated heterocycles. The molecule has 0 amide bonds. The topological polar surface area (TPSA) is 271 Å². The van der Waals surface area contributed by atoms with Gasteiger partial charge in [-0.2, -0.15) is 0 Å². The minimum Gasteiger partial charge on any atom is -0.462 e. The number of aldehydes is 1. The minimum absolute atomic E-state index is 0.221. The fourth-order valence-corrected chi connectivity index (χ4v) is 3.40. The first-order valence-corrected chi connectivity index (χ1v) is 14.0. The van der Waals surface area contributed by atoms with E-state index in [2.05, 4.69) is 4.74 Å². The largest absolute Gasteiger partial charge is 0.462 e. The SMILES string of the molecule is CC(=O)OCC(=O)[C@@H](OC(C)=O)[C@H](OC(C)=O)[C@@H](COC(C)=O)OC(C)=O.CC(=O)OC[C@@H](OC(C)=O)[C@H](OC(C)=O)[C@H](C=O)OC(C)=O. The van der Waals surface area contributed by atoms with Crippen molar-refractivity contribution in [3.63, 3.8) is 0 Å². The third-order valence-electron chi connectivity index (χ3n) is 4.96. The van der Waals surface area contributed by atoms with Gasteiger partial charge in [0.15, 0.2) is 43.4 Å². The summed E-state index contributed by atoms with van der Waals surface area (Å²) in [5, 5.41) is 0.